The summed E-state index contributed by atoms with van der Waals surface area (Å²) in [5, 5.41) is 0. The van der Waals surface area contributed by atoms with Crippen LogP contribution in [0.3, 0.4) is 0 Å². The van der Waals surface area contributed by atoms with Crippen LogP contribution in [0.25, 0.3) is 0 Å². The summed E-state index contributed by atoms with van der Waals surface area (Å²) in [6, 6.07) is 0. The average Bonchev–Trinajstić information content (AvgIpc) is 0.885. The number of phosphoric ester groups is 1. The van der Waals surface area contributed by atoms with Crippen molar-refractivity contribution in [3.8, 4) is 17.2 Å². The lowest BCUT2D eigenvalue weighted by Crippen LogP contribution is -2.16. The lowest BCUT2D eigenvalue weighted by atomic mass is 9.87. The van der Waals surface area contributed by atoms with Gasteiger partial charge in [-0.2, -0.15) is 4.57 Å². The van der Waals surface area contributed by atoms with Crippen LogP contribution in [0, 0.1) is 62.3 Å². The van der Waals surface area contributed by atoms with Crippen LogP contribution in [0.2, 0.25) is 0 Å². The van der Waals surface area contributed by atoms with E-state index in [1.54, 1.807) is 0 Å². The molecule has 3 rings (SSSR count). The first-order valence-corrected chi connectivity index (χ1v) is 31.3. The van der Waals surface area contributed by atoms with Crippen molar-refractivity contribution in [3.63, 3.8) is 0 Å². The van der Waals surface area contributed by atoms with Gasteiger partial charge in [-0.3, -0.25) is 0 Å². The number of ether oxygens (including phenoxy) is 6. The zero-order valence-electron chi connectivity index (χ0n) is 52.7. The van der Waals surface area contributed by atoms with Crippen LogP contribution in [0.5, 0.6) is 17.2 Å². The van der Waals surface area contributed by atoms with Crippen LogP contribution >= 0.6 is 7.82 Å². The lowest BCUT2D eigenvalue weighted by molar-refractivity contribution is -0.138. The van der Waals surface area contributed by atoms with E-state index in [4.69, 9.17) is 42.0 Å². The molecule has 0 fully saturated rings. The Morgan fingerprint density at radius 1 is 0.279 bits per heavy atom. The molecule has 470 valence electrons. The van der Waals surface area contributed by atoms with E-state index in [9.17, 15) is 28.8 Å². The van der Waals surface area contributed by atoms with Gasteiger partial charge in [0.25, 0.3) is 0 Å². The highest BCUT2D eigenvalue weighted by molar-refractivity contribution is 7.49. The molecule has 86 heavy (non-hydrogen) atoms. The van der Waals surface area contributed by atoms with Gasteiger partial charge in [-0.25, -0.2) is 28.8 Å². The molecule has 0 N–H and O–H groups in total. The molecule has 0 atom stereocenters. The van der Waals surface area contributed by atoms with E-state index in [0.29, 0.717) is 133 Å². The topological polar surface area (TPSA) is 203 Å². The van der Waals surface area contributed by atoms with E-state index >= 15 is 4.57 Å². The van der Waals surface area contributed by atoms with Gasteiger partial charge in [0, 0.05) is 36.5 Å². The number of unbranched alkanes of at least 4 members (excludes halogenated alkanes) is 6. The number of carbonyl (C=O) groups excluding carboxylic acids is 6. The van der Waals surface area contributed by atoms with Gasteiger partial charge in [-0.05, 0) is 261 Å². The number of benzene rings is 3. The highest BCUT2D eigenvalue weighted by Gasteiger charge is 2.39. The third kappa shape index (κ3) is 22.4. The highest BCUT2D eigenvalue weighted by atomic mass is 31.2. The largest absolute Gasteiger partial charge is 0.647 e. The minimum atomic E-state index is -4.92. The molecule has 3 aromatic rings. The Labute approximate surface area is 511 Å². The van der Waals surface area contributed by atoms with Crippen molar-refractivity contribution < 1.29 is 75.3 Å². The fourth-order valence-electron chi connectivity index (χ4n) is 10.8. The van der Waals surface area contributed by atoms with E-state index in [1.165, 1.54) is 0 Å². The SMILES string of the molecule is C=CC(=O)OCCCCc1c(C)c(CCCCOC(=O)C=C)c(C)c(OP(=O)(Oc2c(C)c(CCCCOC(=O)C=C)c(C)c(CCCCOC(=O)C=C)c2C)Oc2c(C)c(CCCCOC(=O)C=C)c(C)c(CCCCOC(=O)C=C)c2C)c1C. The maximum atomic E-state index is 16.9. The van der Waals surface area contributed by atoms with Crippen LogP contribution < -0.4 is 13.6 Å². The van der Waals surface area contributed by atoms with Gasteiger partial charge in [0.15, 0.2) is 0 Å². The zero-order valence-corrected chi connectivity index (χ0v) is 53.6. The number of esters is 6. The van der Waals surface area contributed by atoms with E-state index in [0.717, 1.165) is 120 Å². The smallest absolute Gasteiger partial charge is 0.463 e. The Balaban J connectivity index is 2.46. The van der Waals surface area contributed by atoms with Gasteiger partial charge in [-0.1, -0.05) is 39.5 Å². The molecular weight excluding hydrogens is 1120 g/mol. The maximum absolute atomic E-state index is 16.9. The highest BCUT2D eigenvalue weighted by Crippen LogP contribution is 2.56. The molecule has 3 aromatic carbocycles. The van der Waals surface area contributed by atoms with Gasteiger partial charge in [0.2, 0.25) is 0 Å². The molecule has 0 saturated carbocycles. The van der Waals surface area contributed by atoms with Crippen LogP contribution in [0.1, 0.15) is 161 Å². The molecule has 0 radical (unpaired) electrons. The Morgan fingerprint density at radius 3 is 0.570 bits per heavy atom. The van der Waals surface area contributed by atoms with Gasteiger partial charge in [0.05, 0.1) is 39.6 Å². The summed E-state index contributed by atoms with van der Waals surface area (Å²) in [6.07, 6.45) is 17.3. The summed E-state index contributed by atoms with van der Waals surface area (Å²) in [5.41, 5.74) is 13.1. The fourth-order valence-corrected chi connectivity index (χ4v) is 12.4. The minimum absolute atomic E-state index is 0.195. The summed E-state index contributed by atoms with van der Waals surface area (Å²) >= 11 is 0. The van der Waals surface area contributed by atoms with Gasteiger partial charge < -0.3 is 42.0 Å². The van der Waals surface area contributed by atoms with Crippen LogP contribution in [-0.4, -0.2) is 75.5 Å². The molecule has 16 nitrogen and oxygen atoms in total. The molecular formula is C69H93O16P. The van der Waals surface area contributed by atoms with E-state index in [2.05, 4.69) is 60.2 Å². The van der Waals surface area contributed by atoms with Crippen LogP contribution in [0.4, 0.5) is 0 Å². The van der Waals surface area contributed by atoms with Crippen molar-refractivity contribution >= 4 is 43.6 Å². The predicted molar refractivity (Wildman–Crippen MR) is 336 cm³/mol. The average molecular weight is 1210 g/mol. The van der Waals surface area contributed by atoms with Crippen molar-refractivity contribution in [2.75, 3.05) is 39.6 Å². The number of hydrogen-bond acceptors (Lipinski definition) is 16. The van der Waals surface area contributed by atoms with Gasteiger partial charge in [-0.15, -0.1) is 0 Å². The summed E-state index contributed by atoms with van der Waals surface area (Å²) < 4.78 is 70.2. The maximum Gasteiger partial charge on any atom is 0.647 e. The van der Waals surface area contributed by atoms with Crippen molar-refractivity contribution in [2.24, 2.45) is 0 Å². The first-order valence-electron chi connectivity index (χ1n) is 29.8. The molecule has 0 amide bonds. The molecule has 0 aliphatic rings. The normalized spacial score (nSPS) is 10.9. The molecule has 0 aliphatic heterocycles. The van der Waals surface area contributed by atoms with Crippen molar-refractivity contribution in [1.82, 2.24) is 0 Å². The second kappa shape index (κ2) is 37.9. The van der Waals surface area contributed by atoms with Crippen LogP contribution in [-0.2, 0) is 100 Å². The van der Waals surface area contributed by atoms with Crippen molar-refractivity contribution in [3.05, 3.63) is 159 Å². The fraction of sp³-hybridized carbons (Fsp3) is 0.478. The first kappa shape index (κ1) is 72.8. The van der Waals surface area contributed by atoms with E-state index in [1.807, 2.05) is 41.5 Å². The molecule has 0 heterocycles. The quantitative estimate of drug-likeness (QED) is 0.0170. The molecule has 17 heteroatoms. The standard InChI is InChI=1S/C69H93O16P/c1-16-61(70)77-40-28-22-34-55-46(7)56(35-23-29-41-78-62(71)17-2)50(11)67(49(55)10)83-86(76,84-68-51(12)57(36-24-30-42-79-63(72)18-3)47(8)58(52(68)13)37-25-31-43-80-64(73)19-4)85-69-53(14)59(38-26-32-44-81-65(74)20-5)48(9)60(54(69)15)39-27-33-45-82-66(75)21-6/h16-21H,1-6,22-45H2,7-15H3. The Hall–Kier alpha value is -7.45. The molecule has 0 bridgehead atoms. The number of carbonyl (C=O) groups is 6. The van der Waals surface area contributed by atoms with Crippen molar-refractivity contribution in [1.29, 1.82) is 0 Å². The molecule has 0 spiro atoms. The second-order valence-corrected chi connectivity index (χ2v) is 22.6. The second-order valence-electron chi connectivity index (χ2n) is 21.2. The predicted octanol–water partition coefficient (Wildman–Crippen LogP) is 14.4. The third-order valence-corrected chi connectivity index (χ3v) is 16.7. The monoisotopic (exact) mass is 1210 g/mol. The van der Waals surface area contributed by atoms with E-state index in [-0.39, 0.29) is 39.6 Å². The Kier molecular flexibility index (Phi) is 32.1. The molecule has 0 aromatic heterocycles. The Bertz CT molecular complexity index is 2500. The molecule has 0 saturated heterocycles. The molecule has 0 aliphatic carbocycles. The Morgan fingerprint density at radius 2 is 0.430 bits per heavy atom. The van der Waals surface area contributed by atoms with Crippen molar-refractivity contribution in [2.45, 2.75) is 178 Å². The number of rotatable bonds is 42. The van der Waals surface area contributed by atoms with E-state index < -0.39 is 43.6 Å². The zero-order chi connectivity index (χ0) is 63.9. The first-order chi connectivity index (χ1) is 41.0. The number of hydrogen-bond donors (Lipinski definition) is 0. The minimum Gasteiger partial charge on any atom is -0.463 e. The summed E-state index contributed by atoms with van der Waals surface area (Å²) in [7, 11) is -4.92. The summed E-state index contributed by atoms with van der Waals surface area (Å²) in [5.74, 6) is -2.09. The third-order valence-electron chi connectivity index (χ3n) is 15.5. The van der Waals surface area contributed by atoms with Crippen LogP contribution in [0.15, 0.2) is 75.9 Å². The number of phosphoric acid groups is 1. The summed E-state index contributed by atoms with van der Waals surface area (Å²) in [4.78, 5) is 71.8. The summed E-state index contributed by atoms with van der Waals surface area (Å²) in [6.45, 7) is 40.0. The van der Waals surface area contributed by atoms with Gasteiger partial charge in [0.1, 0.15) is 17.2 Å². The van der Waals surface area contributed by atoms with Gasteiger partial charge >= 0.3 is 43.6 Å². The molecule has 0 unspecified atom stereocenters. The lowest BCUT2D eigenvalue weighted by Gasteiger charge is -2.29.